The lowest BCUT2D eigenvalue weighted by Gasteiger charge is -2.16. The summed E-state index contributed by atoms with van der Waals surface area (Å²) in [5, 5.41) is 12.0. The molecule has 0 aliphatic carbocycles. The zero-order chi connectivity index (χ0) is 28.2. The van der Waals surface area contributed by atoms with Crippen molar-refractivity contribution >= 4 is 34.8 Å². The van der Waals surface area contributed by atoms with Crippen LogP contribution in [0.3, 0.4) is 0 Å². The summed E-state index contributed by atoms with van der Waals surface area (Å²) in [5.41, 5.74) is 1.48. The van der Waals surface area contributed by atoms with E-state index in [2.05, 4.69) is 44.8 Å². The molecule has 39 heavy (non-hydrogen) atoms. The van der Waals surface area contributed by atoms with Gasteiger partial charge in [-0.25, -0.2) is 9.78 Å². The molecule has 1 aliphatic heterocycles. The van der Waals surface area contributed by atoms with E-state index in [1.165, 1.54) is 6.20 Å². The van der Waals surface area contributed by atoms with E-state index in [9.17, 15) is 14.5 Å². The molecule has 3 heterocycles. The Morgan fingerprint density at radius 3 is 2.36 bits per heavy atom. The highest BCUT2D eigenvalue weighted by Gasteiger charge is 2.35. The van der Waals surface area contributed by atoms with Gasteiger partial charge in [0.1, 0.15) is 17.7 Å². The van der Waals surface area contributed by atoms with Gasteiger partial charge < -0.3 is 15.2 Å². The van der Waals surface area contributed by atoms with Crippen molar-refractivity contribution in [3.63, 3.8) is 0 Å². The Kier molecular flexibility index (Phi) is 8.39. The highest BCUT2D eigenvalue weighted by Crippen LogP contribution is 2.25. The number of hydrogen-bond donors (Lipinski definition) is 3. The summed E-state index contributed by atoms with van der Waals surface area (Å²) in [6.45, 7) is 12.9. The number of hydrogen-bond acceptors (Lipinski definition) is 7. The summed E-state index contributed by atoms with van der Waals surface area (Å²) < 4.78 is 6.27. The quantitative estimate of drug-likeness (QED) is 0.329. The molecule has 206 valence electrons. The Bertz CT molecular complexity index is 1310. The molecule has 0 radical (unpaired) electrons. The fraction of sp³-hybridized carbons (Fsp3) is 0.429. The van der Waals surface area contributed by atoms with Crippen LogP contribution in [0.25, 0.3) is 0 Å². The Hall–Kier alpha value is -4.12. The van der Waals surface area contributed by atoms with E-state index in [4.69, 9.17) is 4.52 Å². The Morgan fingerprint density at radius 2 is 1.77 bits per heavy atom. The number of likely N-dealkylation sites (tertiary alicyclic amines) is 1. The topological polar surface area (TPSA) is 132 Å². The van der Waals surface area contributed by atoms with E-state index in [-0.39, 0.29) is 17.2 Å². The van der Waals surface area contributed by atoms with Crippen LogP contribution in [0.15, 0.2) is 53.2 Å². The number of urea groups is 1. The van der Waals surface area contributed by atoms with Crippen LogP contribution in [-0.4, -0.2) is 57.4 Å². The van der Waals surface area contributed by atoms with Gasteiger partial charge in [-0.1, -0.05) is 39.8 Å². The lowest BCUT2D eigenvalue weighted by atomic mass is 9.93. The molecule has 0 saturated carbocycles. The number of nitroso groups, excluding NO2 is 1. The van der Waals surface area contributed by atoms with Gasteiger partial charge in [-0.3, -0.25) is 15.0 Å². The fourth-order valence-electron chi connectivity index (χ4n) is 4.35. The average molecular weight is 535 g/mol. The summed E-state index contributed by atoms with van der Waals surface area (Å²) in [5.74, 6) is 1.13. The van der Waals surface area contributed by atoms with Gasteiger partial charge in [-0.05, 0) is 36.2 Å². The molecule has 1 aromatic carbocycles. The second-order valence-electron chi connectivity index (χ2n) is 11.3. The molecular formula is C28H36N7O4+. The molecule has 1 fully saturated rings. The van der Waals surface area contributed by atoms with E-state index >= 15 is 0 Å². The maximum Gasteiger partial charge on any atom is 0.324 e. The molecule has 3 N–H and O–H groups in total. The number of amides is 3. The average Bonchev–Trinajstić information content (AvgIpc) is 3.54. The summed E-state index contributed by atoms with van der Waals surface area (Å²) in [6.07, 6.45) is 2.25. The van der Waals surface area contributed by atoms with Gasteiger partial charge in [0.15, 0.2) is 5.82 Å². The summed E-state index contributed by atoms with van der Waals surface area (Å²) in [6, 6.07) is 10.9. The predicted octanol–water partition coefficient (Wildman–Crippen LogP) is 5.40. The summed E-state index contributed by atoms with van der Waals surface area (Å²) in [7, 11) is 0. The number of anilines is 3. The molecule has 2 aromatic heterocycles. The second-order valence-corrected chi connectivity index (χ2v) is 11.3. The number of nitrogens with zero attached hydrogens (tertiary/aromatic N) is 4. The first-order valence-electron chi connectivity index (χ1n) is 13.1. The highest BCUT2D eigenvalue weighted by atomic mass is 16.5. The lowest BCUT2D eigenvalue weighted by Crippen LogP contribution is -2.29. The molecule has 1 aliphatic rings. The summed E-state index contributed by atoms with van der Waals surface area (Å²) >= 11 is 0. The van der Waals surface area contributed by atoms with E-state index < -0.39 is 11.9 Å². The van der Waals surface area contributed by atoms with Crippen molar-refractivity contribution in [2.45, 2.75) is 52.5 Å². The normalized spacial score (nSPS) is 15.8. The molecule has 11 heteroatoms. The minimum absolute atomic E-state index is 0.114. The Morgan fingerprint density at radius 1 is 1.08 bits per heavy atom. The number of pyridine rings is 1. The van der Waals surface area contributed by atoms with Crippen LogP contribution in [0.5, 0.6) is 0 Å². The van der Waals surface area contributed by atoms with Gasteiger partial charge in [0, 0.05) is 58.1 Å². The number of nitrogens with one attached hydrogen (secondary N) is 3. The van der Waals surface area contributed by atoms with Crippen LogP contribution < -0.4 is 16.0 Å². The Labute approximate surface area is 227 Å². The molecule has 3 amide bonds. The molecule has 1 unspecified atom stereocenters. The van der Waals surface area contributed by atoms with Crippen LogP contribution in [0, 0.1) is 10.8 Å². The highest BCUT2D eigenvalue weighted by molar-refractivity contribution is 6.03. The first kappa shape index (κ1) is 27.9. The predicted molar refractivity (Wildman–Crippen MR) is 149 cm³/mol. The number of aromatic nitrogens is 2. The zero-order valence-electron chi connectivity index (χ0n) is 23.0. The van der Waals surface area contributed by atoms with Crippen LogP contribution in [0.4, 0.5) is 27.7 Å². The van der Waals surface area contributed by atoms with Crippen LogP contribution in [0.2, 0.25) is 0 Å². The largest absolute Gasteiger partial charge is 0.359 e. The first-order chi connectivity index (χ1) is 18.5. The van der Waals surface area contributed by atoms with E-state index in [0.29, 0.717) is 34.6 Å². The standard InChI is InChI=1S/C28H35N7O4/c1-18(2)16-34-13-12-22(17-34)35(38)21-10-11-23(29-15-21)26(36)30-19-6-8-20(9-7-19)31-27(37)32-25-14-24(39-33-25)28(3,4)5/h6-11,14-15,18,22H,12-13,16-17H2,1-5H3,(H2-,29,30,31,32,33,36,37,38)/p+1. The van der Waals surface area contributed by atoms with Crippen molar-refractivity contribution in [2.24, 2.45) is 5.92 Å². The molecule has 0 bridgehead atoms. The van der Waals surface area contributed by atoms with Crippen LogP contribution in [0.1, 0.15) is 57.3 Å². The van der Waals surface area contributed by atoms with Gasteiger partial charge in [-0.15, -0.1) is 0 Å². The smallest absolute Gasteiger partial charge is 0.324 e. The SMILES string of the molecule is CC(C)CN1CCC([N+](=O)c2ccc(C(=O)Nc3ccc(NC(=O)Nc4cc(C(C)(C)C)on4)cc3)nc2)C1. The summed E-state index contributed by atoms with van der Waals surface area (Å²) in [4.78, 5) is 44.3. The first-order valence-corrected chi connectivity index (χ1v) is 13.1. The monoisotopic (exact) mass is 534 g/mol. The minimum Gasteiger partial charge on any atom is -0.359 e. The van der Waals surface area contributed by atoms with Gasteiger partial charge >= 0.3 is 6.03 Å². The third-order valence-electron chi connectivity index (χ3n) is 6.33. The van der Waals surface area contributed by atoms with Gasteiger partial charge in [0.05, 0.1) is 6.54 Å². The molecule has 1 atom stereocenters. The van der Waals surface area contributed by atoms with Crippen LogP contribution in [-0.2, 0) is 5.41 Å². The van der Waals surface area contributed by atoms with Crippen LogP contribution >= 0.6 is 0 Å². The van der Waals surface area contributed by atoms with E-state index in [1.54, 1.807) is 42.5 Å². The van der Waals surface area contributed by atoms with E-state index in [1.807, 2.05) is 20.8 Å². The molecule has 4 rings (SSSR count). The number of carbonyl (C=O) groups excluding carboxylic acids is 2. The molecule has 3 aromatic rings. The fourth-order valence-corrected chi connectivity index (χ4v) is 4.35. The van der Waals surface area contributed by atoms with Crippen molar-refractivity contribution in [2.75, 3.05) is 35.6 Å². The minimum atomic E-state index is -0.470. The molecular weight excluding hydrogens is 498 g/mol. The van der Waals surface area contributed by atoms with Gasteiger partial charge in [-0.2, -0.15) is 0 Å². The van der Waals surface area contributed by atoms with E-state index in [0.717, 1.165) is 30.8 Å². The number of carbonyl (C=O) groups is 2. The maximum atomic E-state index is 12.8. The maximum absolute atomic E-state index is 12.8. The van der Waals surface area contributed by atoms with Crippen molar-refractivity contribution < 1.29 is 18.9 Å². The molecule has 11 nitrogen and oxygen atoms in total. The Balaban J connectivity index is 1.27. The van der Waals surface area contributed by atoms with Gasteiger partial charge in [0.25, 0.3) is 11.6 Å². The lowest BCUT2D eigenvalue weighted by molar-refractivity contribution is -0.502. The third-order valence-corrected chi connectivity index (χ3v) is 6.33. The number of rotatable bonds is 8. The van der Waals surface area contributed by atoms with Crippen molar-refractivity contribution in [3.05, 3.63) is 65.0 Å². The zero-order valence-corrected chi connectivity index (χ0v) is 23.0. The second kappa shape index (κ2) is 11.7. The van der Waals surface area contributed by atoms with Gasteiger partial charge in [0.2, 0.25) is 6.04 Å². The molecule has 0 spiro atoms. The van der Waals surface area contributed by atoms with Crippen molar-refractivity contribution in [1.82, 2.24) is 15.0 Å². The number of benzene rings is 1. The third kappa shape index (κ3) is 7.47. The molecule has 1 saturated heterocycles. The van der Waals surface area contributed by atoms with Crippen molar-refractivity contribution in [1.29, 1.82) is 0 Å². The van der Waals surface area contributed by atoms with Crippen molar-refractivity contribution in [3.8, 4) is 0 Å².